The Bertz CT molecular complexity index is 799. The van der Waals surface area contributed by atoms with E-state index >= 15 is 0 Å². The third kappa shape index (κ3) is 3.69. The van der Waals surface area contributed by atoms with E-state index in [4.69, 9.17) is 0 Å². The lowest BCUT2D eigenvalue weighted by Crippen LogP contribution is -2.38. The molecule has 1 N–H and O–H groups in total. The first-order valence-electron chi connectivity index (χ1n) is 9.81. The molecule has 0 aromatic heterocycles. The average Bonchev–Trinajstić information content (AvgIpc) is 2.68. The van der Waals surface area contributed by atoms with E-state index in [0.717, 1.165) is 31.2 Å². The molecule has 0 amide bonds. The molecule has 1 saturated carbocycles. The molecule has 0 bridgehead atoms. The molecule has 1 aromatic carbocycles. The fourth-order valence-corrected chi connectivity index (χ4v) is 4.85. The molecular formula is C23H26FNO2. The Kier molecular flexibility index (Phi) is 5.79. The second-order valence-electron chi connectivity index (χ2n) is 7.80. The van der Waals surface area contributed by atoms with Crippen molar-refractivity contribution in [3.05, 3.63) is 59.4 Å². The van der Waals surface area contributed by atoms with Gasteiger partial charge in [0.1, 0.15) is 11.7 Å². The molecule has 0 heterocycles. The maximum atomic E-state index is 14.8. The zero-order chi connectivity index (χ0) is 19.4. The van der Waals surface area contributed by atoms with Crippen molar-refractivity contribution < 1.29 is 14.3 Å². The summed E-state index contributed by atoms with van der Waals surface area (Å²) in [7, 11) is 0. The molecule has 1 aromatic rings. The number of nitriles is 1. The van der Waals surface area contributed by atoms with E-state index in [2.05, 4.69) is 13.0 Å². The zero-order valence-corrected chi connectivity index (χ0v) is 15.7. The Morgan fingerprint density at radius 3 is 2.59 bits per heavy atom. The second kappa shape index (κ2) is 8.08. The number of halogens is 1. The Labute approximate surface area is 160 Å². The van der Waals surface area contributed by atoms with Gasteiger partial charge in [0.05, 0.1) is 11.6 Å². The van der Waals surface area contributed by atoms with Gasteiger partial charge in [-0.2, -0.15) is 5.26 Å². The van der Waals surface area contributed by atoms with Gasteiger partial charge in [-0.05, 0) is 42.4 Å². The molecule has 27 heavy (non-hydrogen) atoms. The first kappa shape index (κ1) is 19.4. The van der Waals surface area contributed by atoms with Crippen molar-refractivity contribution in [2.24, 2.45) is 17.8 Å². The highest BCUT2D eigenvalue weighted by atomic mass is 19.1. The Morgan fingerprint density at radius 2 is 2.00 bits per heavy atom. The number of benzene rings is 1. The third-order valence-electron chi connectivity index (χ3n) is 6.24. The fourth-order valence-electron chi connectivity index (χ4n) is 4.85. The lowest BCUT2D eigenvalue weighted by Gasteiger charge is -2.43. The van der Waals surface area contributed by atoms with Gasteiger partial charge in [0.15, 0.2) is 0 Å². The van der Waals surface area contributed by atoms with Crippen LogP contribution >= 0.6 is 0 Å². The van der Waals surface area contributed by atoms with Crippen LogP contribution in [0.15, 0.2) is 48.3 Å². The average molecular weight is 367 g/mol. The summed E-state index contributed by atoms with van der Waals surface area (Å²) in [6.45, 7) is 2.20. The molecule has 0 aliphatic heterocycles. The summed E-state index contributed by atoms with van der Waals surface area (Å²) in [6, 6.07) is 9.54. The third-order valence-corrected chi connectivity index (χ3v) is 6.24. The largest absolute Gasteiger partial charge is 0.480 e. The van der Waals surface area contributed by atoms with Gasteiger partial charge in [-0.15, -0.1) is 0 Å². The predicted molar refractivity (Wildman–Crippen MR) is 103 cm³/mol. The van der Waals surface area contributed by atoms with Crippen molar-refractivity contribution in [3.63, 3.8) is 0 Å². The van der Waals surface area contributed by atoms with Crippen LogP contribution in [0, 0.1) is 29.1 Å². The molecule has 1 fully saturated rings. The monoisotopic (exact) mass is 367 g/mol. The SMILES string of the molecule is CCCC1CCC(C2(c3ccccc3C#N)C=CC(C(=O)O)C(F)=C2)CC1. The minimum absolute atomic E-state index is 0.164. The van der Waals surface area contributed by atoms with Crippen LogP contribution < -0.4 is 0 Å². The van der Waals surface area contributed by atoms with Crippen molar-refractivity contribution >= 4 is 5.97 Å². The molecule has 142 valence electrons. The number of carboxylic acid groups (broad SMARTS) is 1. The van der Waals surface area contributed by atoms with Gasteiger partial charge in [-0.25, -0.2) is 4.39 Å². The minimum Gasteiger partial charge on any atom is -0.480 e. The maximum Gasteiger partial charge on any atom is 0.317 e. The van der Waals surface area contributed by atoms with Crippen LogP contribution in [-0.4, -0.2) is 11.1 Å². The molecule has 0 saturated heterocycles. The maximum absolute atomic E-state index is 14.8. The highest BCUT2D eigenvalue weighted by Gasteiger charge is 2.43. The van der Waals surface area contributed by atoms with Crippen molar-refractivity contribution in [2.75, 3.05) is 0 Å². The smallest absolute Gasteiger partial charge is 0.317 e. The molecular weight excluding hydrogens is 341 g/mol. The van der Waals surface area contributed by atoms with Gasteiger partial charge >= 0.3 is 5.97 Å². The first-order chi connectivity index (χ1) is 13.0. The van der Waals surface area contributed by atoms with Crippen LogP contribution in [0.5, 0.6) is 0 Å². The molecule has 2 aliphatic carbocycles. The Balaban J connectivity index is 2.03. The highest BCUT2D eigenvalue weighted by Crippen LogP contribution is 2.49. The first-order valence-corrected chi connectivity index (χ1v) is 9.81. The second-order valence-corrected chi connectivity index (χ2v) is 7.80. The summed E-state index contributed by atoms with van der Waals surface area (Å²) in [5.74, 6) is -2.18. The number of nitrogens with zero attached hydrogens (tertiary/aromatic N) is 1. The highest BCUT2D eigenvalue weighted by molar-refractivity contribution is 5.76. The summed E-state index contributed by atoms with van der Waals surface area (Å²) in [6.07, 6.45) is 11.3. The number of hydrogen-bond acceptors (Lipinski definition) is 2. The lowest BCUT2D eigenvalue weighted by molar-refractivity contribution is -0.139. The van der Waals surface area contributed by atoms with Gasteiger partial charge in [-0.3, -0.25) is 4.79 Å². The van der Waals surface area contributed by atoms with Crippen molar-refractivity contribution in [2.45, 2.75) is 50.9 Å². The van der Waals surface area contributed by atoms with Crippen LogP contribution in [0.25, 0.3) is 0 Å². The van der Waals surface area contributed by atoms with E-state index in [1.165, 1.54) is 25.0 Å². The van der Waals surface area contributed by atoms with Gasteiger partial charge in [0.2, 0.25) is 0 Å². The number of rotatable bonds is 5. The van der Waals surface area contributed by atoms with E-state index in [-0.39, 0.29) is 5.92 Å². The predicted octanol–water partition coefficient (Wildman–Crippen LogP) is 5.53. The fraction of sp³-hybridized carbons (Fsp3) is 0.478. The summed E-state index contributed by atoms with van der Waals surface area (Å²) in [4.78, 5) is 11.3. The lowest BCUT2D eigenvalue weighted by atomic mass is 9.60. The molecule has 2 aliphatic rings. The molecule has 4 heteroatoms. The number of carboxylic acids is 1. The summed E-state index contributed by atoms with van der Waals surface area (Å²) < 4.78 is 14.8. The Hall–Kier alpha value is -2.41. The van der Waals surface area contributed by atoms with Crippen LogP contribution in [0.4, 0.5) is 4.39 Å². The summed E-state index contributed by atoms with van der Waals surface area (Å²) in [5, 5.41) is 18.9. The van der Waals surface area contributed by atoms with E-state index < -0.39 is 23.1 Å². The standard InChI is InChI=1S/C23H26FNO2/c1-2-5-16-8-10-18(11-9-16)23(20-7-4-3-6-17(20)15-25)13-12-19(22(26)27)21(24)14-23/h3-4,6-7,12-14,16,18-19H,2,5,8-11H2,1H3,(H,26,27). The molecule has 3 rings (SSSR count). The van der Waals surface area contributed by atoms with Crippen molar-refractivity contribution in [3.8, 4) is 6.07 Å². The topological polar surface area (TPSA) is 61.1 Å². The van der Waals surface area contributed by atoms with E-state index in [1.54, 1.807) is 12.1 Å². The number of allylic oxidation sites excluding steroid dienone is 2. The van der Waals surface area contributed by atoms with Gasteiger partial charge in [-0.1, -0.05) is 63.0 Å². The molecule has 3 nitrogen and oxygen atoms in total. The van der Waals surface area contributed by atoms with Crippen LogP contribution in [0.2, 0.25) is 0 Å². The van der Waals surface area contributed by atoms with Gasteiger partial charge < -0.3 is 5.11 Å². The molecule has 2 unspecified atom stereocenters. The number of hydrogen-bond donors (Lipinski definition) is 1. The minimum atomic E-state index is -1.23. The quantitative estimate of drug-likeness (QED) is 0.696. The number of aliphatic carboxylic acids is 1. The molecule has 0 radical (unpaired) electrons. The van der Waals surface area contributed by atoms with Gasteiger partial charge in [0.25, 0.3) is 0 Å². The van der Waals surface area contributed by atoms with Crippen LogP contribution in [0.1, 0.15) is 56.6 Å². The van der Waals surface area contributed by atoms with Crippen molar-refractivity contribution in [1.29, 1.82) is 5.26 Å². The normalized spacial score (nSPS) is 30.4. The summed E-state index contributed by atoms with van der Waals surface area (Å²) >= 11 is 0. The van der Waals surface area contributed by atoms with Crippen LogP contribution in [0.3, 0.4) is 0 Å². The van der Waals surface area contributed by atoms with Gasteiger partial charge in [0, 0.05) is 5.41 Å². The van der Waals surface area contributed by atoms with E-state index in [1.807, 2.05) is 18.2 Å². The summed E-state index contributed by atoms with van der Waals surface area (Å²) in [5.41, 5.74) is 0.553. The van der Waals surface area contributed by atoms with Crippen molar-refractivity contribution in [1.82, 2.24) is 0 Å². The van der Waals surface area contributed by atoms with E-state index in [0.29, 0.717) is 11.5 Å². The zero-order valence-electron chi connectivity index (χ0n) is 15.7. The van der Waals surface area contributed by atoms with Crippen LogP contribution in [-0.2, 0) is 10.2 Å². The Morgan fingerprint density at radius 1 is 1.30 bits per heavy atom. The molecule has 2 atom stereocenters. The number of carbonyl (C=O) groups is 1. The van der Waals surface area contributed by atoms with E-state index in [9.17, 15) is 19.6 Å². The molecule has 0 spiro atoms.